The molecule has 1 heterocycles. The van der Waals surface area contributed by atoms with E-state index in [1.54, 1.807) is 24.3 Å². The number of anilines is 1. The topological polar surface area (TPSA) is 113 Å². The van der Waals surface area contributed by atoms with Crippen LogP contribution in [0.1, 0.15) is 31.7 Å². The second-order valence-corrected chi connectivity index (χ2v) is 9.49. The lowest BCUT2D eigenvalue weighted by molar-refractivity contribution is -0.132. The van der Waals surface area contributed by atoms with E-state index in [2.05, 4.69) is 11.8 Å². The third-order valence-electron chi connectivity index (χ3n) is 4.79. The lowest BCUT2D eigenvalue weighted by Gasteiger charge is -2.26. The Morgan fingerprint density at radius 1 is 1.40 bits per heavy atom. The van der Waals surface area contributed by atoms with Crippen molar-refractivity contribution < 1.29 is 36.7 Å². The molecule has 1 aliphatic rings. The van der Waals surface area contributed by atoms with Crippen molar-refractivity contribution >= 4 is 27.5 Å². The second kappa shape index (κ2) is 9.40. The zero-order chi connectivity index (χ0) is 22.5. The standard InChI is InChI=1S/C19H22F2N2O6S/c1-19(17(24)22-26,30(2,27)28)11-15-12-23(18(25)29-15)14-9-7-13(8-10-14)5-3-4-6-16(20)21/h7-10,15-16,26H,4,6,11-12H2,1-2H3,(H,22,24). The third kappa shape index (κ3) is 5.46. The van der Waals surface area contributed by atoms with Gasteiger partial charge in [0, 0.05) is 36.8 Å². The van der Waals surface area contributed by atoms with E-state index in [0.717, 1.165) is 13.2 Å². The number of carbonyl (C=O) groups is 2. The summed E-state index contributed by atoms with van der Waals surface area (Å²) in [6, 6.07) is 6.42. The highest BCUT2D eigenvalue weighted by molar-refractivity contribution is 7.92. The third-order valence-corrected chi connectivity index (χ3v) is 6.78. The normalized spacial score (nSPS) is 18.4. The first-order chi connectivity index (χ1) is 14.0. The number of hydrogen-bond acceptors (Lipinski definition) is 6. The van der Waals surface area contributed by atoms with E-state index in [4.69, 9.17) is 9.94 Å². The first-order valence-electron chi connectivity index (χ1n) is 8.97. The van der Waals surface area contributed by atoms with Crippen LogP contribution in [0.5, 0.6) is 0 Å². The van der Waals surface area contributed by atoms with Crippen LogP contribution in [0.25, 0.3) is 0 Å². The number of halogens is 2. The molecule has 1 fully saturated rings. The Hall–Kier alpha value is -2.71. The van der Waals surface area contributed by atoms with E-state index in [0.29, 0.717) is 11.3 Å². The number of cyclic esters (lactones) is 1. The molecule has 0 saturated carbocycles. The Morgan fingerprint density at radius 2 is 2.03 bits per heavy atom. The number of benzene rings is 1. The molecule has 2 unspecified atom stereocenters. The van der Waals surface area contributed by atoms with Gasteiger partial charge in [-0.1, -0.05) is 11.8 Å². The van der Waals surface area contributed by atoms with Gasteiger partial charge in [-0.25, -0.2) is 27.5 Å². The van der Waals surface area contributed by atoms with Crippen LogP contribution in [-0.2, 0) is 19.4 Å². The molecule has 0 aromatic heterocycles. The smallest absolute Gasteiger partial charge is 0.414 e. The van der Waals surface area contributed by atoms with Gasteiger partial charge in [0.25, 0.3) is 5.91 Å². The fourth-order valence-electron chi connectivity index (χ4n) is 2.87. The number of sulfone groups is 1. The lowest BCUT2D eigenvalue weighted by Crippen LogP contribution is -2.51. The summed E-state index contributed by atoms with van der Waals surface area (Å²) in [7, 11) is -3.93. The molecule has 2 atom stereocenters. The molecule has 2 N–H and O–H groups in total. The van der Waals surface area contributed by atoms with Gasteiger partial charge in [-0.15, -0.1) is 0 Å². The van der Waals surface area contributed by atoms with Crippen LogP contribution in [0.4, 0.5) is 19.3 Å². The quantitative estimate of drug-likeness (QED) is 0.378. The minimum Gasteiger partial charge on any atom is -0.444 e. The Morgan fingerprint density at radius 3 is 2.57 bits per heavy atom. The summed E-state index contributed by atoms with van der Waals surface area (Å²) in [4.78, 5) is 25.4. The zero-order valence-corrected chi connectivity index (χ0v) is 17.2. The highest BCUT2D eigenvalue weighted by atomic mass is 32.2. The number of nitrogens with zero attached hydrogens (tertiary/aromatic N) is 1. The molecule has 0 aliphatic carbocycles. The van der Waals surface area contributed by atoms with Crippen LogP contribution in [0, 0.1) is 11.8 Å². The molecule has 30 heavy (non-hydrogen) atoms. The monoisotopic (exact) mass is 444 g/mol. The molecule has 1 aliphatic heterocycles. The van der Waals surface area contributed by atoms with Gasteiger partial charge in [-0.2, -0.15) is 0 Å². The number of amides is 2. The highest BCUT2D eigenvalue weighted by Crippen LogP contribution is 2.30. The fraction of sp³-hybridized carbons (Fsp3) is 0.474. The Bertz CT molecular complexity index is 955. The summed E-state index contributed by atoms with van der Waals surface area (Å²) >= 11 is 0. The first kappa shape index (κ1) is 23.6. The number of ether oxygens (including phenoxy) is 1. The van der Waals surface area contributed by atoms with Crippen LogP contribution >= 0.6 is 0 Å². The molecule has 2 rings (SSSR count). The predicted octanol–water partition coefficient (Wildman–Crippen LogP) is 2.11. The van der Waals surface area contributed by atoms with E-state index in [1.165, 1.54) is 10.4 Å². The van der Waals surface area contributed by atoms with Crippen LogP contribution in [0.3, 0.4) is 0 Å². The van der Waals surface area contributed by atoms with Gasteiger partial charge in [0.15, 0.2) is 14.6 Å². The molecular formula is C19H22F2N2O6S. The summed E-state index contributed by atoms with van der Waals surface area (Å²) in [5.74, 6) is 4.28. The number of carbonyl (C=O) groups excluding carboxylic acids is 2. The molecule has 0 radical (unpaired) electrons. The zero-order valence-electron chi connectivity index (χ0n) is 16.4. The maximum Gasteiger partial charge on any atom is 0.414 e. The molecule has 164 valence electrons. The summed E-state index contributed by atoms with van der Waals surface area (Å²) in [6.45, 7) is 1.15. The van der Waals surface area contributed by atoms with Crippen LogP contribution < -0.4 is 10.4 Å². The maximum absolute atomic E-state index is 12.2. The van der Waals surface area contributed by atoms with E-state index >= 15 is 0 Å². The van der Waals surface area contributed by atoms with Crippen molar-refractivity contribution in [3.05, 3.63) is 29.8 Å². The Balaban J connectivity index is 2.09. The van der Waals surface area contributed by atoms with E-state index < -0.39 is 39.1 Å². The Labute approximate surface area is 173 Å². The number of rotatable bonds is 7. The first-order valence-corrected chi connectivity index (χ1v) is 10.9. The SMILES string of the molecule is CC(CC1CN(c2ccc(C#CCCC(F)F)cc2)C(=O)O1)(C(=O)NO)S(C)(=O)=O. The van der Waals surface area contributed by atoms with E-state index in [9.17, 15) is 26.8 Å². The van der Waals surface area contributed by atoms with Gasteiger partial charge >= 0.3 is 6.09 Å². The van der Waals surface area contributed by atoms with Gasteiger partial charge in [-0.05, 0) is 31.2 Å². The van der Waals surface area contributed by atoms with Crippen molar-refractivity contribution in [3.63, 3.8) is 0 Å². The number of hydrogen-bond donors (Lipinski definition) is 2. The van der Waals surface area contributed by atoms with Gasteiger partial charge in [-0.3, -0.25) is 14.9 Å². The molecule has 1 aromatic rings. The van der Waals surface area contributed by atoms with Crippen molar-refractivity contribution in [1.82, 2.24) is 5.48 Å². The molecule has 8 nitrogen and oxygen atoms in total. The summed E-state index contributed by atoms with van der Waals surface area (Å²) in [6.07, 6.45) is -3.72. The van der Waals surface area contributed by atoms with E-state index in [-0.39, 0.29) is 25.8 Å². The summed E-state index contributed by atoms with van der Waals surface area (Å²) in [5, 5.41) is 8.89. The molecule has 1 aromatic carbocycles. The molecular weight excluding hydrogens is 422 g/mol. The number of alkyl halides is 2. The number of hydroxylamine groups is 1. The maximum atomic E-state index is 12.2. The second-order valence-electron chi connectivity index (χ2n) is 7.04. The highest BCUT2D eigenvalue weighted by Gasteiger charge is 2.48. The van der Waals surface area contributed by atoms with Crippen molar-refractivity contribution in [3.8, 4) is 11.8 Å². The van der Waals surface area contributed by atoms with Gasteiger partial charge < -0.3 is 4.74 Å². The average molecular weight is 444 g/mol. The summed E-state index contributed by atoms with van der Waals surface area (Å²) in [5.41, 5.74) is 2.40. The summed E-state index contributed by atoms with van der Waals surface area (Å²) < 4.78 is 51.6. The fourth-order valence-corrected chi connectivity index (χ4v) is 3.75. The van der Waals surface area contributed by atoms with Crippen molar-refractivity contribution in [2.45, 2.75) is 43.5 Å². The van der Waals surface area contributed by atoms with E-state index in [1.807, 2.05) is 0 Å². The lowest BCUT2D eigenvalue weighted by atomic mass is 10.0. The van der Waals surface area contributed by atoms with Crippen LogP contribution in [0.2, 0.25) is 0 Å². The van der Waals surface area contributed by atoms with Crippen molar-refractivity contribution in [2.75, 3.05) is 17.7 Å². The Kier molecular flexibility index (Phi) is 7.39. The molecule has 0 spiro atoms. The van der Waals surface area contributed by atoms with Crippen molar-refractivity contribution in [2.24, 2.45) is 0 Å². The van der Waals surface area contributed by atoms with Gasteiger partial charge in [0.1, 0.15) is 6.10 Å². The molecule has 1 saturated heterocycles. The molecule has 11 heteroatoms. The van der Waals surface area contributed by atoms with Crippen molar-refractivity contribution in [1.29, 1.82) is 0 Å². The minimum atomic E-state index is -3.93. The molecule has 0 bridgehead atoms. The van der Waals surface area contributed by atoms with Crippen LogP contribution in [0.15, 0.2) is 24.3 Å². The van der Waals surface area contributed by atoms with Crippen LogP contribution in [-0.4, -0.2) is 55.7 Å². The average Bonchev–Trinajstić information content (AvgIpc) is 3.03. The van der Waals surface area contributed by atoms with Gasteiger partial charge in [0.05, 0.1) is 6.54 Å². The molecule has 2 amide bonds. The predicted molar refractivity (Wildman–Crippen MR) is 104 cm³/mol. The van der Waals surface area contributed by atoms with Gasteiger partial charge in [0.2, 0.25) is 6.43 Å². The minimum absolute atomic E-state index is 0.00205. The number of nitrogens with one attached hydrogen (secondary N) is 1. The largest absolute Gasteiger partial charge is 0.444 e.